The summed E-state index contributed by atoms with van der Waals surface area (Å²) in [6.45, 7) is 4.27. The zero-order chi connectivity index (χ0) is 18.8. The lowest BCUT2D eigenvalue weighted by atomic mass is 10.1. The van der Waals surface area contributed by atoms with Crippen LogP contribution in [-0.4, -0.2) is 42.0 Å². The molecular formula is C19H24N4O3. The summed E-state index contributed by atoms with van der Waals surface area (Å²) in [5.41, 5.74) is 3.71. The molecule has 0 aliphatic carbocycles. The molecule has 7 nitrogen and oxygen atoms in total. The fraction of sp³-hybridized carbons (Fsp3) is 0.421. The number of nitrogens with zero attached hydrogens (tertiary/aromatic N) is 4. The highest BCUT2D eigenvalue weighted by Crippen LogP contribution is 2.20. The van der Waals surface area contributed by atoms with E-state index in [0.29, 0.717) is 30.9 Å². The molecule has 0 spiro atoms. The molecule has 3 aromatic rings. The molecule has 0 saturated carbocycles. The largest absolute Gasteiger partial charge is 0.396 e. The molecule has 0 saturated heterocycles. The van der Waals surface area contributed by atoms with E-state index in [4.69, 9.17) is 5.11 Å². The first-order valence-corrected chi connectivity index (χ1v) is 8.70. The molecule has 0 fully saturated rings. The second-order valence-electron chi connectivity index (χ2n) is 6.66. The number of aryl methyl sites for hydroxylation is 4. The predicted octanol–water partition coefficient (Wildman–Crippen LogP) is 1.55. The van der Waals surface area contributed by atoms with Gasteiger partial charge >= 0.3 is 0 Å². The average molecular weight is 356 g/mol. The van der Waals surface area contributed by atoms with E-state index in [1.807, 2.05) is 33.0 Å². The van der Waals surface area contributed by atoms with E-state index in [1.54, 1.807) is 21.5 Å². The number of fused-ring (bicyclic) bond motifs is 1. The van der Waals surface area contributed by atoms with Gasteiger partial charge in [0.25, 0.3) is 5.56 Å². The van der Waals surface area contributed by atoms with Crippen LogP contribution >= 0.6 is 0 Å². The number of benzene rings is 1. The van der Waals surface area contributed by atoms with Crippen LogP contribution in [0, 0.1) is 13.8 Å². The topological polar surface area (TPSA) is 93.2 Å². The first-order chi connectivity index (χ1) is 12.4. The van der Waals surface area contributed by atoms with Gasteiger partial charge in [0.1, 0.15) is 0 Å². The standard InChI is InChI=1S/C19H24N4O3/c1-12-10-15-16(11-13(12)2)23(7-4-14(25)5-9-24)19(26)17(21-15)18-20-6-8-22(18)3/h6,8,10-11,14,24-25H,4-5,7,9H2,1-3H3. The van der Waals surface area contributed by atoms with Crippen molar-refractivity contribution in [1.29, 1.82) is 0 Å². The van der Waals surface area contributed by atoms with Crippen molar-refractivity contribution in [1.82, 2.24) is 19.1 Å². The molecule has 0 aliphatic heterocycles. The molecular weight excluding hydrogens is 332 g/mol. The van der Waals surface area contributed by atoms with Gasteiger partial charge in [-0.25, -0.2) is 9.97 Å². The van der Waals surface area contributed by atoms with Gasteiger partial charge in [0.15, 0.2) is 11.5 Å². The summed E-state index contributed by atoms with van der Waals surface area (Å²) in [6, 6.07) is 3.93. The Balaban J connectivity index is 2.18. The van der Waals surface area contributed by atoms with Crippen molar-refractivity contribution in [2.45, 2.75) is 39.3 Å². The Morgan fingerprint density at radius 2 is 1.92 bits per heavy atom. The lowest BCUT2D eigenvalue weighted by Gasteiger charge is -2.15. The van der Waals surface area contributed by atoms with Crippen molar-refractivity contribution in [3.8, 4) is 11.5 Å². The number of rotatable bonds is 6. The van der Waals surface area contributed by atoms with Crippen molar-refractivity contribution in [3.05, 3.63) is 46.0 Å². The maximum atomic E-state index is 13.1. The van der Waals surface area contributed by atoms with Crippen molar-refractivity contribution in [2.75, 3.05) is 6.61 Å². The number of aliphatic hydroxyl groups excluding tert-OH is 2. The van der Waals surface area contributed by atoms with E-state index < -0.39 is 6.10 Å². The number of aromatic nitrogens is 4. The maximum absolute atomic E-state index is 13.1. The van der Waals surface area contributed by atoms with Gasteiger partial charge in [0, 0.05) is 32.6 Å². The van der Waals surface area contributed by atoms with Crippen molar-refractivity contribution < 1.29 is 10.2 Å². The first kappa shape index (κ1) is 18.3. The second-order valence-corrected chi connectivity index (χ2v) is 6.66. The van der Waals surface area contributed by atoms with E-state index in [2.05, 4.69) is 9.97 Å². The number of hydrogen-bond acceptors (Lipinski definition) is 5. The summed E-state index contributed by atoms with van der Waals surface area (Å²) in [7, 11) is 1.82. The third-order valence-electron chi connectivity index (χ3n) is 4.74. The smallest absolute Gasteiger partial charge is 0.280 e. The number of imidazole rings is 1. The zero-order valence-electron chi connectivity index (χ0n) is 15.3. The van der Waals surface area contributed by atoms with Gasteiger partial charge in [-0.2, -0.15) is 0 Å². The quantitative estimate of drug-likeness (QED) is 0.699. The lowest BCUT2D eigenvalue weighted by molar-refractivity contribution is 0.121. The maximum Gasteiger partial charge on any atom is 0.280 e. The summed E-state index contributed by atoms with van der Waals surface area (Å²) in [5, 5.41) is 18.9. The molecule has 1 atom stereocenters. The van der Waals surface area contributed by atoms with Crippen LogP contribution < -0.4 is 5.56 Å². The van der Waals surface area contributed by atoms with Crippen molar-refractivity contribution in [2.24, 2.45) is 7.05 Å². The first-order valence-electron chi connectivity index (χ1n) is 8.70. The molecule has 2 N–H and O–H groups in total. The highest BCUT2D eigenvalue weighted by Gasteiger charge is 2.17. The minimum Gasteiger partial charge on any atom is -0.396 e. The van der Waals surface area contributed by atoms with Crippen molar-refractivity contribution >= 4 is 11.0 Å². The van der Waals surface area contributed by atoms with Crippen LogP contribution in [0.15, 0.2) is 29.3 Å². The van der Waals surface area contributed by atoms with Gasteiger partial charge in [0.05, 0.1) is 17.1 Å². The Bertz CT molecular complexity index is 990. The van der Waals surface area contributed by atoms with Crippen LogP contribution in [0.4, 0.5) is 0 Å². The van der Waals surface area contributed by atoms with Gasteiger partial charge in [0.2, 0.25) is 0 Å². The molecule has 7 heteroatoms. The van der Waals surface area contributed by atoms with Crippen LogP contribution in [0.2, 0.25) is 0 Å². The third-order valence-corrected chi connectivity index (χ3v) is 4.74. The van der Waals surface area contributed by atoms with E-state index in [-0.39, 0.29) is 12.2 Å². The van der Waals surface area contributed by atoms with Crippen LogP contribution in [0.1, 0.15) is 24.0 Å². The van der Waals surface area contributed by atoms with Gasteiger partial charge < -0.3 is 19.3 Å². The number of hydrogen-bond donors (Lipinski definition) is 2. The molecule has 0 aliphatic rings. The molecule has 3 rings (SSSR count). The average Bonchev–Trinajstić information content (AvgIpc) is 3.01. The molecule has 1 unspecified atom stereocenters. The van der Waals surface area contributed by atoms with E-state index in [1.165, 1.54) is 0 Å². The summed E-state index contributed by atoms with van der Waals surface area (Å²) >= 11 is 0. The van der Waals surface area contributed by atoms with Crippen LogP contribution in [0.25, 0.3) is 22.6 Å². The summed E-state index contributed by atoms with van der Waals surface area (Å²) in [5.74, 6) is 0.514. The minimum atomic E-state index is -0.654. The lowest BCUT2D eigenvalue weighted by Crippen LogP contribution is -2.26. The van der Waals surface area contributed by atoms with Gasteiger partial charge in [-0.1, -0.05) is 0 Å². The predicted molar refractivity (Wildman–Crippen MR) is 100 cm³/mol. The van der Waals surface area contributed by atoms with E-state index in [0.717, 1.165) is 22.2 Å². The van der Waals surface area contributed by atoms with E-state index in [9.17, 15) is 9.90 Å². The Morgan fingerprint density at radius 3 is 2.58 bits per heavy atom. The monoisotopic (exact) mass is 356 g/mol. The highest BCUT2D eigenvalue weighted by atomic mass is 16.3. The molecule has 1 aromatic carbocycles. The molecule has 0 bridgehead atoms. The van der Waals surface area contributed by atoms with Gasteiger partial charge in [-0.15, -0.1) is 0 Å². The van der Waals surface area contributed by atoms with Gasteiger partial charge in [-0.05, 0) is 49.9 Å². The van der Waals surface area contributed by atoms with E-state index >= 15 is 0 Å². The molecule has 0 radical (unpaired) electrons. The van der Waals surface area contributed by atoms with Crippen LogP contribution in [0.5, 0.6) is 0 Å². The zero-order valence-corrected chi connectivity index (χ0v) is 15.3. The highest BCUT2D eigenvalue weighted by molar-refractivity contribution is 5.79. The summed E-state index contributed by atoms with van der Waals surface area (Å²) in [4.78, 5) is 22.0. The molecule has 2 aromatic heterocycles. The van der Waals surface area contributed by atoms with Crippen LogP contribution in [-0.2, 0) is 13.6 Å². The minimum absolute atomic E-state index is 0.0794. The van der Waals surface area contributed by atoms with Crippen LogP contribution in [0.3, 0.4) is 0 Å². The third kappa shape index (κ3) is 3.40. The van der Waals surface area contributed by atoms with Gasteiger partial charge in [-0.3, -0.25) is 4.79 Å². The molecule has 138 valence electrons. The SMILES string of the molecule is Cc1cc2nc(-c3nccn3C)c(=O)n(CCC(O)CCO)c2cc1C. The molecule has 0 amide bonds. The van der Waals surface area contributed by atoms with Crippen molar-refractivity contribution in [3.63, 3.8) is 0 Å². The second kappa shape index (κ2) is 7.39. The Hall–Kier alpha value is -2.51. The molecule has 26 heavy (non-hydrogen) atoms. The Labute approximate surface area is 151 Å². The fourth-order valence-electron chi connectivity index (χ4n) is 3.03. The number of aliphatic hydroxyl groups is 2. The Morgan fingerprint density at radius 1 is 1.19 bits per heavy atom. The fourth-order valence-corrected chi connectivity index (χ4v) is 3.03. The summed E-state index contributed by atoms with van der Waals surface area (Å²) in [6.07, 6.45) is 3.43. The normalized spacial score (nSPS) is 12.7. The Kier molecular flexibility index (Phi) is 5.20. The summed E-state index contributed by atoms with van der Waals surface area (Å²) < 4.78 is 3.42. The molecule has 2 heterocycles.